The summed E-state index contributed by atoms with van der Waals surface area (Å²) in [5.74, 6) is 1.68. The average Bonchev–Trinajstić information content (AvgIpc) is 3.35. The van der Waals surface area contributed by atoms with Crippen LogP contribution in [0.25, 0.3) is 0 Å². The van der Waals surface area contributed by atoms with Gasteiger partial charge >= 0.3 is 0 Å². The van der Waals surface area contributed by atoms with Crippen molar-refractivity contribution in [2.24, 2.45) is 13.0 Å². The number of carbonyl (C=O) groups excluding carboxylic acids is 1. The lowest BCUT2D eigenvalue weighted by atomic mass is 10.2. The molecule has 2 atom stereocenters. The quantitative estimate of drug-likeness (QED) is 0.844. The molecule has 2 aliphatic rings. The third-order valence-electron chi connectivity index (χ3n) is 5.18. The molecule has 7 nitrogen and oxygen atoms in total. The van der Waals surface area contributed by atoms with Crippen molar-refractivity contribution in [2.75, 3.05) is 31.1 Å². The van der Waals surface area contributed by atoms with Gasteiger partial charge in [0.15, 0.2) is 5.82 Å². The minimum Gasteiger partial charge on any atom is -0.353 e. The molecule has 0 N–H and O–H groups in total. The Morgan fingerprint density at radius 3 is 2.76 bits per heavy atom. The van der Waals surface area contributed by atoms with Crippen LogP contribution in [0.3, 0.4) is 0 Å². The Hall–Kier alpha value is -2.44. The Morgan fingerprint density at radius 2 is 2.04 bits per heavy atom. The number of aromatic nitrogens is 4. The first-order valence-electron chi connectivity index (χ1n) is 8.94. The van der Waals surface area contributed by atoms with Gasteiger partial charge in [0.2, 0.25) is 5.91 Å². The van der Waals surface area contributed by atoms with E-state index in [1.54, 1.807) is 0 Å². The topological polar surface area (TPSA) is 67.2 Å². The van der Waals surface area contributed by atoms with Crippen molar-refractivity contribution in [1.82, 2.24) is 24.9 Å². The molecule has 1 aliphatic heterocycles. The van der Waals surface area contributed by atoms with Gasteiger partial charge in [-0.3, -0.25) is 9.48 Å². The van der Waals surface area contributed by atoms with Crippen molar-refractivity contribution in [3.63, 3.8) is 0 Å². The number of hydrogen-bond donors (Lipinski definition) is 0. The molecule has 0 aromatic carbocycles. The van der Waals surface area contributed by atoms with Crippen LogP contribution < -0.4 is 4.90 Å². The van der Waals surface area contributed by atoms with E-state index in [1.807, 2.05) is 48.1 Å². The molecular weight excluding hydrogens is 316 g/mol. The molecule has 132 valence electrons. The van der Waals surface area contributed by atoms with E-state index in [9.17, 15) is 4.79 Å². The van der Waals surface area contributed by atoms with Crippen molar-refractivity contribution >= 4 is 11.7 Å². The lowest BCUT2D eigenvalue weighted by Crippen LogP contribution is -2.36. The molecule has 3 heterocycles. The van der Waals surface area contributed by atoms with Crippen molar-refractivity contribution in [3.05, 3.63) is 35.8 Å². The van der Waals surface area contributed by atoms with Crippen LogP contribution in [0.2, 0.25) is 0 Å². The molecule has 1 saturated heterocycles. The second-order valence-electron chi connectivity index (χ2n) is 7.09. The van der Waals surface area contributed by atoms with E-state index < -0.39 is 0 Å². The Labute approximate surface area is 147 Å². The molecule has 0 spiro atoms. The van der Waals surface area contributed by atoms with Crippen LogP contribution in [0.1, 0.15) is 30.0 Å². The van der Waals surface area contributed by atoms with E-state index >= 15 is 0 Å². The van der Waals surface area contributed by atoms with E-state index in [1.165, 1.54) is 5.56 Å². The molecule has 7 heteroatoms. The van der Waals surface area contributed by atoms with Gasteiger partial charge in [0.05, 0.1) is 11.9 Å². The van der Waals surface area contributed by atoms with E-state index in [2.05, 4.69) is 20.2 Å². The van der Waals surface area contributed by atoms with Gasteiger partial charge in [-0.05, 0) is 43.4 Å². The number of aryl methyl sites for hydroxylation is 2. The van der Waals surface area contributed by atoms with Gasteiger partial charge in [0.25, 0.3) is 0 Å². The van der Waals surface area contributed by atoms with Gasteiger partial charge in [0.1, 0.15) is 0 Å². The molecule has 1 aliphatic carbocycles. The lowest BCUT2D eigenvalue weighted by Gasteiger charge is -2.22. The van der Waals surface area contributed by atoms with Crippen LogP contribution in [0, 0.1) is 12.8 Å². The zero-order valence-corrected chi connectivity index (χ0v) is 14.8. The normalized spacial score (nSPS) is 23.4. The summed E-state index contributed by atoms with van der Waals surface area (Å²) in [5.41, 5.74) is 2.11. The molecular formula is C18H24N6O. The largest absolute Gasteiger partial charge is 0.353 e. The summed E-state index contributed by atoms with van der Waals surface area (Å²) in [6.07, 6.45) is 5.83. The SMILES string of the molecule is Cc1ccc(N2CCCN(C(=O)[C@H]3C[C@@H]3c3cnn(C)c3)CC2)nn1. The Bertz CT molecular complexity index is 755. The van der Waals surface area contributed by atoms with Crippen molar-refractivity contribution in [3.8, 4) is 0 Å². The second-order valence-corrected chi connectivity index (χ2v) is 7.09. The average molecular weight is 340 g/mol. The summed E-state index contributed by atoms with van der Waals surface area (Å²) >= 11 is 0. The van der Waals surface area contributed by atoms with E-state index in [-0.39, 0.29) is 5.92 Å². The van der Waals surface area contributed by atoms with Crippen LogP contribution in [0.15, 0.2) is 24.5 Å². The molecule has 2 aromatic heterocycles. The molecule has 0 bridgehead atoms. The number of carbonyl (C=O) groups is 1. The van der Waals surface area contributed by atoms with Gasteiger partial charge in [-0.25, -0.2) is 0 Å². The highest BCUT2D eigenvalue weighted by molar-refractivity contribution is 5.83. The van der Waals surface area contributed by atoms with Crippen LogP contribution in [0.4, 0.5) is 5.82 Å². The first-order chi connectivity index (χ1) is 12.1. The molecule has 4 rings (SSSR count). The fraction of sp³-hybridized carbons (Fsp3) is 0.556. The molecule has 2 aromatic rings. The first-order valence-corrected chi connectivity index (χ1v) is 8.94. The van der Waals surface area contributed by atoms with Crippen molar-refractivity contribution in [1.29, 1.82) is 0 Å². The smallest absolute Gasteiger partial charge is 0.226 e. The molecule has 0 radical (unpaired) electrons. The predicted octanol–water partition coefficient (Wildman–Crippen LogP) is 1.36. The highest BCUT2D eigenvalue weighted by Crippen LogP contribution is 2.48. The summed E-state index contributed by atoms with van der Waals surface area (Å²) in [7, 11) is 1.92. The zero-order chi connectivity index (χ0) is 17.4. The fourth-order valence-electron chi connectivity index (χ4n) is 3.63. The summed E-state index contributed by atoms with van der Waals surface area (Å²) in [6, 6.07) is 4.00. The van der Waals surface area contributed by atoms with Gasteiger partial charge < -0.3 is 9.80 Å². The van der Waals surface area contributed by atoms with Crippen molar-refractivity contribution in [2.45, 2.75) is 25.7 Å². The highest BCUT2D eigenvalue weighted by Gasteiger charge is 2.46. The van der Waals surface area contributed by atoms with Crippen LogP contribution in [0.5, 0.6) is 0 Å². The Morgan fingerprint density at radius 1 is 1.16 bits per heavy atom. The van der Waals surface area contributed by atoms with Gasteiger partial charge in [-0.15, -0.1) is 5.10 Å². The van der Waals surface area contributed by atoms with E-state index in [4.69, 9.17) is 0 Å². The molecule has 0 unspecified atom stereocenters. The number of rotatable bonds is 3. The zero-order valence-electron chi connectivity index (χ0n) is 14.8. The summed E-state index contributed by atoms with van der Waals surface area (Å²) in [6.45, 7) is 5.25. The molecule has 25 heavy (non-hydrogen) atoms. The van der Waals surface area contributed by atoms with E-state index in [0.29, 0.717) is 11.8 Å². The maximum atomic E-state index is 12.8. The van der Waals surface area contributed by atoms with E-state index in [0.717, 1.165) is 50.5 Å². The van der Waals surface area contributed by atoms with Crippen LogP contribution >= 0.6 is 0 Å². The first kappa shape index (κ1) is 16.1. The summed E-state index contributed by atoms with van der Waals surface area (Å²) in [5, 5.41) is 12.6. The summed E-state index contributed by atoms with van der Waals surface area (Å²) < 4.78 is 1.81. The lowest BCUT2D eigenvalue weighted by molar-refractivity contribution is -0.132. The number of nitrogens with zero attached hydrogens (tertiary/aromatic N) is 6. The Kier molecular flexibility index (Phi) is 4.15. The number of amides is 1. The minimum absolute atomic E-state index is 0.134. The van der Waals surface area contributed by atoms with Gasteiger partial charge in [-0.1, -0.05) is 0 Å². The number of anilines is 1. The van der Waals surface area contributed by atoms with Crippen LogP contribution in [-0.2, 0) is 11.8 Å². The van der Waals surface area contributed by atoms with Crippen molar-refractivity contribution < 1.29 is 4.79 Å². The third kappa shape index (κ3) is 3.36. The third-order valence-corrected chi connectivity index (χ3v) is 5.18. The maximum absolute atomic E-state index is 12.8. The fourth-order valence-corrected chi connectivity index (χ4v) is 3.63. The standard InChI is InChI=1S/C18H24N6O/c1-13-4-5-17(21-20-13)23-6-3-7-24(9-8-23)18(25)16-10-15(16)14-11-19-22(2)12-14/h4-5,11-12,15-16H,3,6-10H2,1-2H3/t15-,16+/m1/s1. The summed E-state index contributed by atoms with van der Waals surface area (Å²) in [4.78, 5) is 17.1. The second kappa shape index (κ2) is 6.46. The molecule has 1 saturated carbocycles. The van der Waals surface area contributed by atoms with Gasteiger partial charge in [-0.2, -0.15) is 10.2 Å². The highest BCUT2D eigenvalue weighted by atomic mass is 16.2. The Balaban J connectivity index is 1.36. The predicted molar refractivity (Wildman–Crippen MR) is 94.2 cm³/mol. The van der Waals surface area contributed by atoms with Gasteiger partial charge in [0, 0.05) is 45.3 Å². The maximum Gasteiger partial charge on any atom is 0.226 e. The number of hydrogen-bond acceptors (Lipinski definition) is 5. The van der Waals surface area contributed by atoms with Crippen LogP contribution in [-0.4, -0.2) is 57.0 Å². The molecule has 1 amide bonds. The molecule has 2 fully saturated rings. The minimum atomic E-state index is 0.134. The monoisotopic (exact) mass is 340 g/mol.